The zero-order chi connectivity index (χ0) is 25.1. The number of carbonyl (C=O) groups is 1. The molecule has 3 aromatic carbocycles. The number of ether oxygens (including phenoxy) is 1. The first-order valence-corrected chi connectivity index (χ1v) is 12.8. The lowest BCUT2D eigenvalue weighted by Gasteiger charge is -2.23. The highest BCUT2D eigenvalue weighted by Crippen LogP contribution is 2.35. The Bertz CT molecular complexity index is 1510. The van der Waals surface area contributed by atoms with Gasteiger partial charge >= 0.3 is 0 Å². The molecule has 36 heavy (non-hydrogen) atoms. The highest BCUT2D eigenvalue weighted by Gasteiger charge is 2.25. The molecule has 6 nitrogen and oxygen atoms in total. The van der Waals surface area contributed by atoms with Crippen LogP contribution in [0.25, 0.3) is 32.4 Å². The van der Waals surface area contributed by atoms with Gasteiger partial charge in [-0.05, 0) is 45.3 Å². The number of nitrogens with zero attached hydrogens (tertiary/aromatic N) is 4. The molecule has 0 saturated heterocycles. The van der Waals surface area contributed by atoms with E-state index in [2.05, 4.69) is 4.90 Å². The van der Waals surface area contributed by atoms with Gasteiger partial charge in [0.1, 0.15) is 11.3 Å². The van der Waals surface area contributed by atoms with Crippen molar-refractivity contribution in [3.05, 3.63) is 84.4 Å². The number of para-hydroxylation sites is 2. The monoisotopic (exact) mass is 496 g/mol. The van der Waals surface area contributed by atoms with Gasteiger partial charge in [0.2, 0.25) is 0 Å². The summed E-state index contributed by atoms with van der Waals surface area (Å²) >= 11 is 1.51. The Kier molecular flexibility index (Phi) is 6.93. The first-order chi connectivity index (χ1) is 17.5. The van der Waals surface area contributed by atoms with E-state index in [0.29, 0.717) is 30.4 Å². The maximum absolute atomic E-state index is 14.3. The molecule has 0 atom stereocenters. The second kappa shape index (κ2) is 10.4. The van der Waals surface area contributed by atoms with Crippen LogP contribution in [0.2, 0.25) is 0 Å². The Balaban J connectivity index is 1.64. The minimum Gasteiger partial charge on any atom is -0.492 e. The van der Waals surface area contributed by atoms with Crippen LogP contribution in [0.3, 0.4) is 0 Å². The summed E-state index contributed by atoms with van der Waals surface area (Å²) < 4.78 is 6.79. The first kappa shape index (κ1) is 23.9. The molecule has 2 aromatic heterocycles. The van der Waals surface area contributed by atoms with Crippen LogP contribution >= 0.6 is 11.3 Å². The summed E-state index contributed by atoms with van der Waals surface area (Å²) in [4.78, 5) is 27.8. The Hall–Kier alpha value is -3.81. The van der Waals surface area contributed by atoms with Crippen molar-refractivity contribution < 1.29 is 9.53 Å². The molecule has 0 saturated carbocycles. The molecule has 0 N–H and O–H groups in total. The number of rotatable bonds is 8. The Morgan fingerprint density at radius 3 is 2.47 bits per heavy atom. The maximum Gasteiger partial charge on any atom is 0.260 e. The maximum atomic E-state index is 14.3. The van der Waals surface area contributed by atoms with E-state index in [9.17, 15) is 4.79 Å². The van der Waals surface area contributed by atoms with E-state index >= 15 is 0 Å². The van der Waals surface area contributed by atoms with Crippen molar-refractivity contribution in [1.29, 1.82) is 0 Å². The van der Waals surface area contributed by atoms with E-state index < -0.39 is 0 Å². The number of hydrogen-bond donors (Lipinski definition) is 0. The SMILES string of the molecule is CCOc1cccc2sc(N(CCN(C)C)C(=O)c3cc(-c4ccccc4)nc4ccccc34)nc12. The van der Waals surface area contributed by atoms with Crippen molar-refractivity contribution in [1.82, 2.24) is 14.9 Å². The normalized spacial score (nSPS) is 11.3. The molecule has 0 spiro atoms. The Morgan fingerprint density at radius 1 is 0.917 bits per heavy atom. The second-order valence-electron chi connectivity index (χ2n) is 8.73. The fourth-order valence-corrected chi connectivity index (χ4v) is 5.15. The van der Waals surface area contributed by atoms with Crippen molar-refractivity contribution in [2.75, 3.05) is 38.7 Å². The molecule has 0 unspecified atom stereocenters. The number of pyridine rings is 1. The fourth-order valence-electron chi connectivity index (χ4n) is 4.14. The van der Waals surface area contributed by atoms with Crippen molar-refractivity contribution in [3.63, 3.8) is 0 Å². The van der Waals surface area contributed by atoms with Crippen molar-refractivity contribution in [2.45, 2.75) is 6.92 Å². The third-order valence-electron chi connectivity index (χ3n) is 5.93. The molecule has 0 aliphatic rings. The summed E-state index contributed by atoms with van der Waals surface area (Å²) in [6.45, 7) is 3.72. The molecule has 0 aliphatic heterocycles. The lowest BCUT2D eigenvalue weighted by Crippen LogP contribution is -2.37. The second-order valence-corrected chi connectivity index (χ2v) is 9.74. The molecule has 7 heteroatoms. The van der Waals surface area contributed by atoms with Crippen molar-refractivity contribution in [2.24, 2.45) is 0 Å². The Labute approximate surface area is 214 Å². The van der Waals surface area contributed by atoms with E-state index in [1.807, 2.05) is 99.9 Å². The summed E-state index contributed by atoms with van der Waals surface area (Å²) in [5, 5.41) is 1.49. The van der Waals surface area contributed by atoms with Gasteiger partial charge in [0, 0.05) is 24.0 Å². The van der Waals surface area contributed by atoms with Gasteiger partial charge in [-0.1, -0.05) is 65.9 Å². The van der Waals surface area contributed by atoms with E-state index in [-0.39, 0.29) is 5.91 Å². The molecule has 2 heterocycles. The minimum absolute atomic E-state index is 0.0929. The zero-order valence-corrected chi connectivity index (χ0v) is 21.5. The topological polar surface area (TPSA) is 58.6 Å². The molecule has 0 aliphatic carbocycles. The van der Waals surface area contributed by atoms with Crippen LogP contribution in [0.1, 0.15) is 17.3 Å². The summed E-state index contributed by atoms with van der Waals surface area (Å²) in [5.41, 5.74) is 3.93. The number of benzene rings is 3. The van der Waals surface area contributed by atoms with Crippen molar-refractivity contribution >= 4 is 43.5 Å². The first-order valence-electron chi connectivity index (χ1n) is 12.0. The van der Waals surface area contributed by atoms with Crippen LogP contribution < -0.4 is 9.64 Å². The lowest BCUT2D eigenvalue weighted by molar-refractivity contribution is 0.0986. The largest absolute Gasteiger partial charge is 0.492 e. The predicted molar refractivity (Wildman–Crippen MR) is 148 cm³/mol. The summed E-state index contributed by atoms with van der Waals surface area (Å²) in [5.74, 6) is 0.642. The number of fused-ring (bicyclic) bond motifs is 2. The molecule has 0 bridgehead atoms. The van der Waals surface area contributed by atoms with Crippen LogP contribution in [0.15, 0.2) is 78.9 Å². The number of carbonyl (C=O) groups excluding carboxylic acids is 1. The smallest absolute Gasteiger partial charge is 0.260 e. The molecule has 0 fully saturated rings. The number of anilines is 1. The highest BCUT2D eigenvalue weighted by molar-refractivity contribution is 7.22. The lowest BCUT2D eigenvalue weighted by atomic mass is 10.0. The third kappa shape index (κ3) is 4.80. The van der Waals surface area contributed by atoms with Crippen molar-refractivity contribution in [3.8, 4) is 17.0 Å². The van der Waals surface area contributed by atoms with Gasteiger partial charge in [0.25, 0.3) is 5.91 Å². The van der Waals surface area contributed by atoms with Gasteiger partial charge in [0.05, 0.1) is 28.1 Å². The molecule has 5 aromatic rings. The number of aromatic nitrogens is 2. The minimum atomic E-state index is -0.0929. The van der Waals surface area contributed by atoms with Crippen LogP contribution in [-0.4, -0.2) is 54.6 Å². The predicted octanol–water partition coefficient (Wildman–Crippen LogP) is 6.12. The molecule has 5 rings (SSSR count). The van der Waals surface area contributed by atoms with Gasteiger partial charge < -0.3 is 9.64 Å². The number of likely N-dealkylation sites (N-methyl/N-ethyl adjacent to an activating group) is 1. The summed E-state index contributed by atoms with van der Waals surface area (Å²) in [7, 11) is 4.01. The van der Waals surface area contributed by atoms with Gasteiger partial charge in [-0.25, -0.2) is 9.97 Å². The van der Waals surface area contributed by atoms with Gasteiger partial charge in [-0.3, -0.25) is 9.69 Å². The quantitative estimate of drug-likeness (QED) is 0.259. The molecular weight excluding hydrogens is 468 g/mol. The number of hydrogen-bond acceptors (Lipinski definition) is 6. The standard InChI is InChI=1S/C29H28N4O2S/c1-4-35-25-15-10-16-26-27(25)31-29(36-26)33(18-17-32(2)3)28(34)22-19-24(20-11-6-5-7-12-20)30-23-14-9-8-13-21(22)23/h5-16,19H,4,17-18H2,1-3H3. The van der Waals surface area contributed by atoms with E-state index in [1.54, 1.807) is 4.90 Å². The molecule has 1 amide bonds. The van der Waals surface area contributed by atoms with Gasteiger partial charge in [-0.2, -0.15) is 0 Å². The van der Waals surface area contributed by atoms with Gasteiger partial charge in [0.15, 0.2) is 5.13 Å². The molecule has 0 radical (unpaired) electrons. The number of amides is 1. The van der Waals surface area contributed by atoms with Crippen LogP contribution in [-0.2, 0) is 0 Å². The van der Waals surface area contributed by atoms with E-state index in [4.69, 9.17) is 14.7 Å². The zero-order valence-electron chi connectivity index (χ0n) is 20.6. The average Bonchev–Trinajstić information content (AvgIpc) is 3.33. The fraction of sp³-hybridized carbons (Fsp3) is 0.207. The van der Waals surface area contributed by atoms with E-state index in [0.717, 1.165) is 38.1 Å². The molecular formula is C29H28N4O2S. The third-order valence-corrected chi connectivity index (χ3v) is 6.98. The summed E-state index contributed by atoms with van der Waals surface area (Å²) in [6.07, 6.45) is 0. The number of thiazole rings is 1. The van der Waals surface area contributed by atoms with Crippen LogP contribution in [0.5, 0.6) is 5.75 Å². The Morgan fingerprint density at radius 2 is 1.69 bits per heavy atom. The summed E-state index contributed by atoms with van der Waals surface area (Å²) in [6, 6.07) is 25.6. The van der Waals surface area contributed by atoms with Crippen LogP contribution in [0, 0.1) is 0 Å². The van der Waals surface area contributed by atoms with Gasteiger partial charge in [-0.15, -0.1) is 0 Å². The van der Waals surface area contributed by atoms with Crippen LogP contribution in [0.4, 0.5) is 5.13 Å². The highest BCUT2D eigenvalue weighted by atomic mass is 32.1. The molecule has 182 valence electrons. The average molecular weight is 497 g/mol. The van der Waals surface area contributed by atoms with E-state index in [1.165, 1.54) is 11.3 Å².